The van der Waals surface area contributed by atoms with E-state index in [-0.39, 0.29) is 0 Å². The first-order valence-corrected chi connectivity index (χ1v) is 10.8. The van der Waals surface area contributed by atoms with Crippen molar-refractivity contribution in [2.45, 2.75) is 4.90 Å². The summed E-state index contributed by atoms with van der Waals surface area (Å²) in [6, 6.07) is 17.8. The Hall–Kier alpha value is -2.54. The number of nitrogens with zero attached hydrogens (tertiary/aromatic N) is 3. The van der Waals surface area contributed by atoms with Gasteiger partial charge in [0, 0.05) is 56.1 Å². The van der Waals surface area contributed by atoms with Crippen molar-refractivity contribution >= 4 is 22.4 Å². The number of nitrogens with one attached hydrogen (secondary N) is 1. The molecule has 0 bridgehead atoms. The summed E-state index contributed by atoms with van der Waals surface area (Å²) in [5, 5.41) is 3.36. The van der Waals surface area contributed by atoms with Crippen LogP contribution in [0.2, 0.25) is 0 Å². The highest BCUT2D eigenvalue weighted by Crippen LogP contribution is 2.20. The second-order valence-corrected chi connectivity index (χ2v) is 8.08. The van der Waals surface area contributed by atoms with Crippen LogP contribution in [0.1, 0.15) is 0 Å². The van der Waals surface area contributed by atoms with E-state index >= 15 is 0 Å². The van der Waals surface area contributed by atoms with Crippen molar-refractivity contribution in [1.29, 1.82) is 0 Å². The van der Waals surface area contributed by atoms with Crippen molar-refractivity contribution in [3.05, 3.63) is 54.6 Å². The van der Waals surface area contributed by atoms with Gasteiger partial charge in [0.15, 0.2) is 5.96 Å². The Morgan fingerprint density at radius 3 is 2.36 bits per heavy atom. The van der Waals surface area contributed by atoms with Gasteiger partial charge in [0.2, 0.25) is 0 Å². The van der Waals surface area contributed by atoms with E-state index in [0.29, 0.717) is 12.3 Å². The van der Waals surface area contributed by atoms with Crippen LogP contribution < -0.4 is 15.0 Å². The first kappa shape index (κ1) is 20.2. The van der Waals surface area contributed by atoms with E-state index in [2.05, 4.69) is 32.2 Å². The Kier molecular flexibility index (Phi) is 7.31. The average Bonchev–Trinajstić information content (AvgIpc) is 2.77. The molecule has 7 heteroatoms. The third kappa shape index (κ3) is 5.25. The second kappa shape index (κ2) is 10.1. The Balaban J connectivity index is 1.46. The van der Waals surface area contributed by atoms with E-state index in [4.69, 9.17) is 4.74 Å². The van der Waals surface area contributed by atoms with Crippen LogP contribution in [-0.4, -0.2) is 67.7 Å². The fourth-order valence-electron chi connectivity index (χ4n) is 3.25. The molecule has 0 aromatic heterocycles. The van der Waals surface area contributed by atoms with Crippen molar-refractivity contribution < 1.29 is 8.95 Å². The molecule has 150 valence electrons. The summed E-state index contributed by atoms with van der Waals surface area (Å²) in [4.78, 5) is 9.89. The molecule has 1 aliphatic rings. The zero-order chi connectivity index (χ0) is 19.8. The van der Waals surface area contributed by atoms with Crippen molar-refractivity contribution in [1.82, 2.24) is 10.2 Å². The number of methoxy groups -OCH3 is 1. The third-order valence-corrected chi connectivity index (χ3v) is 6.18. The molecule has 0 amide bonds. The molecule has 1 unspecified atom stereocenters. The van der Waals surface area contributed by atoms with Crippen LogP contribution in [0, 0.1) is 0 Å². The van der Waals surface area contributed by atoms with Gasteiger partial charge in [-0.25, -0.2) is 0 Å². The third-order valence-electron chi connectivity index (χ3n) is 4.81. The van der Waals surface area contributed by atoms with E-state index < -0.39 is 10.8 Å². The van der Waals surface area contributed by atoms with E-state index in [1.54, 1.807) is 14.2 Å². The molecule has 1 heterocycles. The maximum absolute atomic E-state index is 12.3. The maximum Gasteiger partial charge on any atom is 0.193 e. The molecule has 2 aromatic carbocycles. The molecular weight excluding hydrogens is 372 g/mol. The quantitative estimate of drug-likeness (QED) is 0.595. The topological polar surface area (TPSA) is 57.2 Å². The normalized spacial score (nSPS) is 16.0. The number of anilines is 1. The van der Waals surface area contributed by atoms with Gasteiger partial charge in [-0.15, -0.1) is 0 Å². The molecule has 1 atom stereocenters. The van der Waals surface area contributed by atoms with Crippen LogP contribution in [0.15, 0.2) is 64.5 Å². The van der Waals surface area contributed by atoms with Gasteiger partial charge in [-0.2, -0.15) is 0 Å². The highest BCUT2D eigenvalue weighted by molar-refractivity contribution is 7.85. The second-order valence-electron chi connectivity index (χ2n) is 6.51. The number of benzene rings is 2. The van der Waals surface area contributed by atoms with Crippen molar-refractivity contribution in [2.75, 3.05) is 57.5 Å². The predicted octanol–water partition coefficient (Wildman–Crippen LogP) is 2.20. The van der Waals surface area contributed by atoms with Crippen LogP contribution in [0.3, 0.4) is 0 Å². The average molecular weight is 401 g/mol. The Morgan fingerprint density at radius 2 is 1.75 bits per heavy atom. The number of rotatable bonds is 6. The van der Waals surface area contributed by atoms with E-state index in [0.717, 1.165) is 42.8 Å². The summed E-state index contributed by atoms with van der Waals surface area (Å²) >= 11 is 0. The Morgan fingerprint density at radius 1 is 1.07 bits per heavy atom. The highest BCUT2D eigenvalue weighted by Gasteiger charge is 2.20. The molecule has 1 N–H and O–H groups in total. The number of ether oxygens (including phenoxy) is 1. The molecule has 3 rings (SSSR count). The predicted molar refractivity (Wildman–Crippen MR) is 116 cm³/mol. The van der Waals surface area contributed by atoms with Crippen molar-refractivity contribution in [3.63, 3.8) is 0 Å². The molecule has 1 saturated heterocycles. The lowest BCUT2D eigenvalue weighted by atomic mass is 10.2. The van der Waals surface area contributed by atoms with Gasteiger partial charge in [-0.05, 0) is 36.4 Å². The van der Waals surface area contributed by atoms with Gasteiger partial charge >= 0.3 is 0 Å². The minimum Gasteiger partial charge on any atom is -0.497 e. The van der Waals surface area contributed by atoms with Crippen molar-refractivity contribution in [2.24, 2.45) is 4.99 Å². The number of guanidine groups is 1. The summed E-state index contributed by atoms with van der Waals surface area (Å²) in [5.41, 5.74) is 1.21. The fourth-order valence-corrected chi connectivity index (χ4v) is 4.23. The van der Waals surface area contributed by atoms with Gasteiger partial charge in [0.1, 0.15) is 5.75 Å². The summed E-state index contributed by atoms with van der Waals surface area (Å²) < 4.78 is 17.6. The minimum absolute atomic E-state index is 0.564. The van der Waals surface area contributed by atoms with Gasteiger partial charge < -0.3 is 19.9 Å². The van der Waals surface area contributed by atoms with Gasteiger partial charge in [0.25, 0.3) is 0 Å². The van der Waals surface area contributed by atoms with Crippen molar-refractivity contribution in [3.8, 4) is 5.75 Å². The summed E-state index contributed by atoms with van der Waals surface area (Å²) in [7, 11) is 2.49. The first-order valence-electron chi connectivity index (χ1n) is 9.49. The molecular formula is C21H28N4O2S. The van der Waals surface area contributed by atoms with Gasteiger partial charge in [0.05, 0.1) is 17.9 Å². The lowest BCUT2D eigenvalue weighted by Gasteiger charge is -2.37. The van der Waals surface area contributed by atoms with Crippen LogP contribution >= 0.6 is 0 Å². The number of hydrogen-bond acceptors (Lipinski definition) is 4. The summed E-state index contributed by atoms with van der Waals surface area (Å²) in [6.07, 6.45) is 0. The van der Waals surface area contributed by atoms with Crippen LogP contribution in [0.4, 0.5) is 5.69 Å². The monoisotopic (exact) mass is 400 g/mol. The largest absolute Gasteiger partial charge is 0.497 e. The standard InChI is InChI=1S/C21H28N4O2S/c1-22-21(23-12-17-28(26)20-6-4-3-5-7-20)25-15-13-24(14-16-25)18-8-10-19(27-2)11-9-18/h3-11H,12-17H2,1-2H3,(H,22,23). The molecule has 6 nitrogen and oxygen atoms in total. The molecule has 0 radical (unpaired) electrons. The summed E-state index contributed by atoms with van der Waals surface area (Å²) in [6.45, 7) is 4.29. The number of aliphatic imine (C=N–C) groups is 1. The maximum atomic E-state index is 12.3. The minimum atomic E-state index is -0.995. The molecule has 0 spiro atoms. The van der Waals surface area contributed by atoms with Crippen LogP contribution in [0.25, 0.3) is 0 Å². The van der Waals surface area contributed by atoms with Crippen LogP contribution in [0.5, 0.6) is 5.75 Å². The SMILES string of the molecule is CN=C(NCCS(=O)c1ccccc1)N1CCN(c2ccc(OC)cc2)CC1. The molecule has 2 aromatic rings. The van der Waals surface area contributed by atoms with Gasteiger partial charge in [-0.1, -0.05) is 18.2 Å². The number of piperazine rings is 1. The molecule has 0 saturated carbocycles. The first-order chi connectivity index (χ1) is 13.7. The fraction of sp³-hybridized carbons (Fsp3) is 0.381. The lowest BCUT2D eigenvalue weighted by molar-refractivity contribution is 0.373. The van der Waals surface area contributed by atoms with E-state index in [9.17, 15) is 4.21 Å². The number of hydrogen-bond donors (Lipinski definition) is 1. The lowest BCUT2D eigenvalue weighted by Crippen LogP contribution is -2.53. The van der Waals surface area contributed by atoms with E-state index in [1.807, 2.05) is 42.5 Å². The van der Waals surface area contributed by atoms with Gasteiger partial charge in [-0.3, -0.25) is 9.20 Å². The van der Waals surface area contributed by atoms with Crippen LogP contribution in [-0.2, 0) is 10.8 Å². The molecule has 28 heavy (non-hydrogen) atoms. The molecule has 1 fully saturated rings. The highest BCUT2D eigenvalue weighted by atomic mass is 32.2. The zero-order valence-electron chi connectivity index (χ0n) is 16.5. The zero-order valence-corrected chi connectivity index (χ0v) is 17.3. The van der Waals surface area contributed by atoms with E-state index in [1.165, 1.54) is 5.69 Å². The molecule has 1 aliphatic heterocycles. The summed E-state index contributed by atoms with van der Waals surface area (Å²) in [5.74, 6) is 2.31. The Labute approximate surface area is 169 Å². The smallest absolute Gasteiger partial charge is 0.193 e. The molecule has 0 aliphatic carbocycles. The Bertz CT molecular complexity index is 788.